The molecule has 3 heterocycles. The molecule has 1 saturated heterocycles. The molecule has 2 aromatic rings. The summed E-state index contributed by atoms with van der Waals surface area (Å²) in [6.45, 7) is 6.87. The van der Waals surface area contributed by atoms with Gasteiger partial charge in [-0.15, -0.1) is 0 Å². The van der Waals surface area contributed by atoms with Crippen LogP contribution in [-0.4, -0.2) is 45.2 Å². The molecular formula is C18H25N3O3. The number of aryl methyl sites for hydroxylation is 1. The molecule has 1 aliphatic rings. The molecule has 130 valence electrons. The molecule has 2 aromatic heterocycles. The number of aliphatic hydroxyl groups is 1. The lowest BCUT2D eigenvalue weighted by Gasteiger charge is -2.25. The van der Waals surface area contributed by atoms with Crippen LogP contribution in [0.15, 0.2) is 10.6 Å². The molecule has 0 spiro atoms. The van der Waals surface area contributed by atoms with Crippen molar-refractivity contribution < 1.29 is 14.4 Å². The largest absolute Gasteiger partial charge is 0.396 e. The number of carbonyl (C=O) groups excluding carboxylic acids is 1. The summed E-state index contributed by atoms with van der Waals surface area (Å²) in [6.07, 6.45) is 3.58. The topological polar surface area (TPSA) is 79.5 Å². The molecular weight excluding hydrogens is 306 g/mol. The third kappa shape index (κ3) is 3.02. The molecule has 6 heteroatoms. The first kappa shape index (κ1) is 16.9. The molecule has 24 heavy (non-hydrogen) atoms. The molecule has 1 N–H and O–H groups in total. The first-order chi connectivity index (χ1) is 11.5. The number of fused-ring (bicyclic) bond motifs is 1. The van der Waals surface area contributed by atoms with Gasteiger partial charge < -0.3 is 14.5 Å². The number of aliphatic hydroxyl groups excluding tert-OH is 1. The van der Waals surface area contributed by atoms with Gasteiger partial charge in [-0.2, -0.15) is 0 Å². The van der Waals surface area contributed by atoms with Crippen LogP contribution in [0.4, 0.5) is 0 Å². The summed E-state index contributed by atoms with van der Waals surface area (Å²) < 4.78 is 5.32. The van der Waals surface area contributed by atoms with Gasteiger partial charge in [0.2, 0.25) is 0 Å². The van der Waals surface area contributed by atoms with Gasteiger partial charge in [0.15, 0.2) is 0 Å². The van der Waals surface area contributed by atoms with Gasteiger partial charge in [0.05, 0.1) is 16.6 Å². The zero-order valence-electron chi connectivity index (χ0n) is 14.6. The van der Waals surface area contributed by atoms with E-state index in [9.17, 15) is 4.79 Å². The molecule has 1 fully saturated rings. The standard InChI is InChI=1S/C18H25N3O3/c1-11(2)15-10-14(16-12(3)20-24-17(16)19-15)18(23)21-8-4-6-13(21)7-5-9-22/h10-11,13,22H,4-9H2,1-3H3. The molecule has 0 aliphatic carbocycles. The highest BCUT2D eigenvalue weighted by atomic mass is 16.5. The molecule has 1 atom stereocenters. The van der Waals surface area contributed by atoms with Crippen molar-refractivity contribution in [2.45, 2.75) is 58.4 Å². The Bertz CT molecular complexity index is 738. The summed E-state index contributed by atoms with van der Waals surface area (Å²) in [4.78, 5) is 19.7. The SMILES string of the molecule is Cc1noc2nc(C(C)C)cc(C(=O)N3CCCC3CCCO)c12. The zero-order chi connectivity index (χ0) is 17.3. The Labute approximate surface area is 141 Å². The van der Waals surface area contributed by atoms with Crippen LogP contribution < -0.4 is 0 Å². The van der Waals surface area contributed by atoms with Crippen LogP contribution in [-0.2, 0) is 0 Å². The van der Waals surface area contributed by atoms with Crippen molar-refractivity contribution >= 4 is 17.0 Å². The lowest BCUT2D eigenvalue weighted by Crippen LogP contribution is -2.36. The summed E-state index contributed by atoms with van der Waals surface area (Å²) in [7, 11) is 0. The smallest absolute Gasteiger partial charge is 0.259 e. The molecule has 0 radical (unpaired) electrons. The predicted molar refractivity (Wildman–Crippen MR) is 91.0 cm³/mol. The Morgan fingerprint density at radius 2 is 2.29 bits per heavy atom. The first-order valence-electron chi connectivity index (χ1n) is 8.71. The molecule has 0 aromatic carbocycles. The van der Waals surface area contributed by atoms with Gasteiger partial charge in [0.25, 0.3) is 11.6 Å². The summed E-state index contributed by atoms with van der Waals surface area (Å²) in [5.74, 6) is 0.228. The Hall–Kier alpha value is -1.95. The Balaban J connectivity index is 2.00. The molecule has 0 bridgehead atoms. The highest BCUT2D eigenvalue weighted by Crippen LogP contribution is 2.29. The van der Waals surface area contributed by atoms with Crippen molar-refractivity contribution in [2.24, 2.45) is 0 Å². The average molecular weight is 331 g/mol. The lowest BCUT2D eigenvalue weighted by molar-refractivity contribution is 0.0726. The van der Waals surface area contributed by atoms with Crippen LogP contribution in [0.25, 0.3) is 11.1 Å². The van der Waals surface area contributed by atoms with Crippen molar-refractivity contribution in [3.8, 4) is 0 Å². The molecule has 1 aliphatic heterocycles. The van der Waals surface area contributed by atoms with E-state index in [1.807, 2.05) is 31.7 Å². The van der Waals surface area contributed by atoms with Crippen LogP contribution in [0.5, 0.6) is 0 Å². The van der Waals surface area contributed by atoms with E-state index in [2.05, 4.69) is 10.1 Å². The second-order valence-corrected chi connectivity index (χ2v) is 6.86. The second kappa shape index (κ2) is 6.89. The molecule has 6 nitrogen and oxygen atoms in total. The number of aromatic nitrogens is 2. The summed E-state index contributed by atoms with van der Waals surface area (Å²) >= 11 is 0. The Morgan fingerprint density at radius 3 is 3.00 bits per heavy atom. The van der Waals surface area contributed by atoms with E-state index in [0.717, 1.165) is 43.3 Å². The van der Waals surface area contributed by atoms with Gasteiger partial charge in [0, 0.05) is 24.9 Å². The van der Waals surface area contributed by atoms with Gasteiger partial charge in [-0.05, 0) is 44.6 Å². The summed E-state index contributed by atoms with van der Waals surface area (Å²) in [6, 6.07) is 2.09. The molecule has 1 unspecified atom stereocenters. The predicted octanol–water partition coefficient (Wildman–Crippen LogP) is 3.03. The van der Waals surface area contributed by atoms with Gasteiger partial charge in [0.1, 0.15) is 0 Å². The average Bonchev–Trinajstić information content (AvgIpc) is 3.18. The fourth-order valence-corrected chi connectivity index (χ4v) is 3.46. The number of nitrogens with zero attached hydrogens (tertiary/aromatic N) is 3. The maximum atomic E-state index is 13.2. The lowest BCUT2D eigenvalue weighted by atomic mass is 10.0. The van der Waals surface area contributed by atoms with E-state index in [4.69, 9.17) is 9.63 Å². The number of likely N-dealkylation sites (tertiary alicyclic amines) is 1. The minimum Gasteiger partial charge on any atom is -0.396 e. The fourth-order valence-electron chi connectivity index (χ4n) is 3.46. The van der Waals surface area contributed by atoms with Crippen LogP contribution >= 0.6 is 0 Å². The van der Waals surface area contributed by atoms with E-state index >= 15 is 0 Å². The minimum absolute atomic E-state index is 0.0241. The van der Waals surface area contributed by atoms with Gasteiger partial charge in [-0.1, -0.05) is 19.0 Å². The van der Waals surface area contributed by atoms with Crippen molar-refractivity contribution in [3.63, 3.8) is 0 Å². The van der Waals surface area contributed by atoms with Crippen LogP contribution in [0.2, 0.25) is 0 Å². The minimum atomic E-state index is 0.0241. The van der Waals surface area contributed by atoms with E-state index in [-0.39, 0.29) is 24.5 Å². The maximum Gasteiger partial charge on any atom is 0.259 e. The van der Waals surface area contributed by atoms with Gasteiger partial charge in [-0.25, -0.2) is 4.98 Å². The Morgan fingerprint density at radius 1 is 1.50 bits per heavy atom. The third-order valence-electron chi connectivity index (χ3n) is 4.79. The first-order valence-corrected chi connectivity index (χ1v) is 8.71. The zero-order valence-corrected chi connectivity index (χ0v) is 14.6. The van der Waals surface area contributed by atoms with Crippen molar-refractivity contribution in [2.75, 3.05) is 13.2 Å². The van der Waals surface area contributed by atoms with Gasteiger partial charge in [-0.3, -0.25) is 4.79 Å². The normalized spacial score (nSPS) is 18.0. The Kier molecular flexibility index (Phi) is 4.85. The van der Waals surface area contributed by atoms with E-state index in [0.29, 0.717) is 17.0 Å². The number of rotatable bonds is 5. The summed E-state index contributed by atoms with van der Waals surface area (Å²) in [5, 5.41) is 13.8. The fraction of sp³-hybridized carbons (Fsp3) is 0.611. The second-order valence-electron chi connectivity index (χ2n) is 6.86. The highest BCUT2D eigenvalue weighted by molar-refractivity contribution is 6.06. The number of pyridine rings is 1. The van der Waals surface area contributed by atoms with Crippen molar-refractivity contribution in [1.29, 1.82) is 0 Å². The number of carbonyl (C=O) groups is 1. The quantitative estimate of drug-likeness (QED) is 0.911. The van der Waals surface area contributed by atoms with Crippen molar-refractivity contribution in [3.05, 3.63) is 23.0 Å². The number of amides is 1. The third-order valence-corrected chi connectivity index (χ3v) is 4.79. The number of hydrogen-bond acceptors (Lipinski definition) is 5. The monoisotopic (exact) mass is 331 g/mol. The number of hydrogen-bond donors (Lipinski definition) is 1. The van der Waals surface area contributed by atoms with Crippen LogP contribution in [0, 0.1) is 6.92 Å². The molecule has 3 rings (SSSR count). The van der Waals surface area contributed by atoms with E-state index < -0.39 is 0 Å². The highest BCUT2D eigenvalue weighted by Gasteiger charge is 2.31. The maximum absolute atomic E-state index is 13.2. The van der Waals surface area contributed by atoms with Crippen LogP contribution in [0.3, 0.4) is 0 Å². The van der Waals surface area contributed by atoms with Crippen LogP contribution in [0.1, 0.15) is 67.2 Å². The van der Waals surface area contributed by atoms with Crippen molar-refractivity contribution in [1.82, 2.24) is 15.0 Å². The van der Waals surface area contributed by atoms with Gasteiger partial charge >= 0.3 is 0 Å². The molecule has 1 amide bonds. The van der Waals surface area contributed by atoms with E-state index in [1.54, 1.807) is 0 Å². The van der Waals surface area contributed by atoms with E-state index in [1.165, 1.54) is 0 Å². The summed E-state index contributed by atoms with van der Waals surface area (Å²) in [5.41, 5.74) is 2.61. The molecule has 0 saturated carbocycles.